The fraction of sp³-hybridized carbons (Fsp3) is 0.464. The van der Waals surface area contributed by atoms with Gasteiger partial charge in [0.2, 0.25) is 11.8 Å². The van der Waals surface area contributed by atoms with Crippen LogP contribution in [0.5, 0.6) is 0 Å². The van der Waals surface area contributed by atoms with Gasteiger partial charge in [-0.05, 0) is 50.3 Å². The van der Waals surface area contributed by atoms with E-state index >= 15 is 0 Å². The second-order valence-electron chi connectivity index (χ2n) is 9.68. The zero-order valence-corrected chi connectivity index (χ0v) is 20.8. The number of amides is 3. The number of hydrogen-bond donors (Lipinski definition) is 1. The average Bonchev–Trinajstić information content (AvgIpc) is 3.14. The molecule has 2 aromatic carbocycles. The molecule has 2 aliphatic rings. The Morgan fingerprint density at radius 3 is 2.26 bits per heavy atom. The molecule has 7 heteroatoms. The fourth-order valence-corrected chi connectivity index (χ4v) is 5.10. The van der Waals surface area contributed by atoms with Crippen molar-refractivity contribution < 1.29 is 14.4 Å². The number of carbonyl (C=O) groups excluding carboxylic acids is 3. The predicted molar refractivity (Wildman–Crippen MR) is 137 cm³/mol. The third kappa shape index (κ3) is 5.50. The molecule has 2 aliphatic heterocycles. The normalized spacial score (nSPS) is 18.1. The first kappa shape index (κ1) is 24.8. The molecule has 1 N–H and O–H groups in total. The minimum atomic E-state index is -0.728. The zero-order valence-electron chi connectivity index (χ0n) is 20.8. The Hall–Kier alpha value is -3.35. The first-order valence-electron chi connectivity index (χ1n) is 12.7. The topological polar surface area (TPSA) is 73.0 Å². The molecule has 35 heavy (non-hydrogen) atoms. The molecule has 3 amide bonds. The van der Waals surface area contributed by atoms with Crippen molar-refractivity contribution in [2.45, 2.75) is 57.5 Å². The monoisotopic (exact) mass is 476 g/mol. The highest BCUT2D eigenvalue weighted by molar-refractivity contribution is 5.96. The Bertz CT molecular complexity index is 1020. The molecule has 1 unspecified atom stereocenters. The van der Waals surface area contributed by atoms with Gasteiger partial charge in [-0.1, -0.05) is 55.5 Å². The molecular formula is C28H36N4O3. The summed E-state index contributed by atoms with van der Waals surface area (Å²) in [6.07, 6.45) is 3.14. The van der Waals surface area contributed by atoms with Gasteiger partial charge >= 0.3 is 0 Å². The average molecular weight is 477 g/mol. The maximum absolute atomic E-state index is 13.7. The molecule has 0 radical (unpaired) electrons. The number of nitrogens with zero attached hydrogens (tertiary/aromatic N) is 3. The van der Waals surface area contributed by atoms with E-state index in [1.54, 1.807) is 4.90 Å². The minimum Gasteiger partial charge on any atom is -0.352 e. The molecule has 4 rings (SSSR count). The lowest BCUT2D eigenvalue weighted by Crippen LogP contribution is -2.57. The van der Waals surface area contributed by atoms with Gasteiger partial charge in [-0.15, -0.1) is 0 Å². The van der Waals surface area contributed by atoms with Gasteiger partial charge in [0.05, 0.1) is 6.67 Å². The summed E-state index contributed by atoms with van der Waals surface area (Å²) in [5.41, 5.74) is 1.39. The van der Waals surface area contributed by atoms with Crippen molar-refractivity contribution in [3.8, 4) is 0 Å². The van der Waals surface area contributed by atoms with E-state index in [1.165, 1.54) is 0 Å². The number of nitrogens with one attached hydrogen (secondary N) is 1. The van der Waals surface area contributed by atoms with Crippen LogP contribution in [0.25, 0.3) is 0 Å². The lowest BCUT2D eigenvalue weighted by molar-refractivity contribution is -0.140. The van der Waals surface area contributed by atoms with Crippen molar-refractivity contribution in [3.63, 3.8) is 0 Å². The summed E-state index contributed by atoms with van der Waals surface area (Å²) in [5, 5.41) is 2.97. The van der Waals surface area contributed by atoms with Gasteiger partial charge in [-0.2, -0.15) is 0 Å². The summed E-state index contributed by atoms with van der Waals surface area (Å²) >= 11 is 0. The predicted octanol–water partition coefficient (Wildman–Crippen LogP) is 3.20. The van der Waals surface area contributed by atoms with E-state index in [1.807, 2.05) is 79.4 Å². The lowest BCUT2D eigenvalue weighted by atomic mass is 9.85. The second kappa shape index (κ2) is 10.9. The number of piperidine rings is 1. The smallest absolute Gasteiger partial charge is 0.250 e. The van der Waals surface area contributed by atoms with Crippen LogP contribution in [-0.2, 0) is 20.8 Å². The standard InChI is InChI=1S/C28H36N4O3/c1-3-22(2)29-25(33)20-31-21-32(24-12-8-5-9-13-24)28(27(31)35)16-18-30(19-17-28)26(34)15-14-23-10-6-4-7-11-23/h4-13,22H,3,14-21H2,1-2H3,(H,29,33). The van der Waals surface area contributed by atoms with Crippen LogP contribution in [0, 0.1) is 0 Å². The van der Waals surface area contributed by atoms with Crippen molar-refractivity contribution in [2.24, 2.45) is 0 Å². The number of benzene rings is 2. The van der Waals surface area contributed by atoms with Crippen LogP contribution in [0.15, 0.2) is 60.7 Å². The Morgan fingerprint density at radius 1 is 1.00 bits per heavy atom. The second-order valence-corrected chi connectivity index (χ2v) is 9.68. The number of aryl methyl sites for hydroxylation is 1. The van der Waals surface area contributed by atoms with Crippen LogP contribution in [-0.4, -0.2) is 65.4 Å². The van der Waals surface area contributed by atoms with E-state index in [9.17, 15) is 14.4 Å². The third-order valence-corrected chi connectivity index (χ3v) is 7.35. The molecule has 2 fully saturated rings. The Kier molecular flexibility index (Phi) is 7.73. The summed E-state index contributed by atoms with van der Waals surface area (Å²) in [5.74, 6) is -0.0199. The van der Waals surface area contributed by atoms with Gasteiger partial charge in [0.15, 0.2) is 0 Å². The van der Waals surface area contributed by atoms with Crippen LogP contribution in [0.1, 0.15) is 45.1 Å². The third-order valence-electron chi connectivity index (χ3n) is 7.35. The Labute approximate surface area is 208 Å². The molecule has 0 saturated carbocycles. The Morgan fingerprint density at radius 2 is 1.63 bits per heavy atom. The first-order chi connectivity index (χ1) is 16.9. The first-order valence-corrected chi connectivity index (χ1v) is 12.7. The lowest BCUT2D eigenvalue weighted by Gasteiger charge is -2.43. The van der Waals surface area contributed by atoms with E-state index in [0.717, 1.165) is 24.1 Å². The molecule has 1 spiro atoms. The fourth-order valence-electron chi connectivity index (χ4n) is 5.10. The number of anilines is 1. The molecule has 7 nitrogen and oxygen atoms in total. The zero-order chi connectivity index (χ0) is 24.8. The van der Waals surface area contributed by atoms with Crippen molar-refractivity contribution in [2.75, 3.05) is 31.2 Å². The maximum atomic E-state index is 13.7. The number of carbonyl (C=O) groups is 3. The van der Waals surface area contributed by atoms with Crippen molar-refractivity contribution in [1.82, 2.24) is 15.1 Å². The largest absolute Gasteiger partial charge is 0.352 e. The molecule has 2 heterocycles. The molecule has 0 bridgehead atoms. The van der Waals surface area contributed by atoms with Gasteiger partial charge in [-0.25, -0.2) is 0 Å². The highest BCUT2D eigenvalue weighted by atomic mass is 16.2. The van der Waals surface area contributed by atoms with E-state index in [0.29, 0.717) is 39.0 Å². The summed E-state index contributed by atoms with van der Waals surface area (Å²) in [6, 6.07) is 20.0. The number of rotatable bonds is 8. The quantitative estimate of drug-likeness (QED) is 0.635. The molecule has 2 saturated heterocycles. The van der Waals surface area contributed by atoms with Gasteiger partial charge in [-0.3, -0.25) is 14.4 Å². The van der Waals surface area contributed by atoms with E-state index in [-0.39, 0.29) is 30.3 Å². The highest BCUT2D eigenvalue weighted by Crippen LogP contribution is 2.39. The van der Waals surface area contributed by atoms with E-state index in [2.05, 4.69) is 10.2 Å². The van der Waals surface area contributed by atoms with E-state index < -0.39 is 5.54 Å². The van der Waals surface area contributed by atoms with Gasteiger partial charge < -0.3 is 20.0 Å². The maximum Gasteiger partial charge on any atom is 0.250 e. The van der Waals surface area contributed by atoms with Crippen LogP contribution in [0.3, 0.4) is 0 Å². The van der Waals surface area contributed by atoms with Gasteiger partial charge in [0.25, 0.3) is 5.91 Å². The SMILES string of the molecule is CCC(C)NC(=O)CN1CN(c2ccccc2)C2(CCN(C(=O)CCc3ccccc3)CC2)C1=O. The molecule has 186 valence electrons. The summed E-state index contributed by atoms with van der Waals surface area (Å²) < 4.78 is 0. The summed E-state index contributed by atoms with van der Waals surface area (Å²) in [4.78, 5) is 44.9. The van der Waals surface area contributed by atoms with Crippen LogP contribution < -0.4 is 10.2 Å². The molecule has 2 aromatic rings. The molecule has 0 aromatic heterocycles. The van der Waals surface area contributed by atoms with Crippen LogP contribution in [0.2, 0.25) is 0 Å². The van der Waals surface area contributed by atoms with Gasteiger partial charge in [0.1, 0.15) is 12.1 Å². The molecular weight excluding hydrogens is 440 g/mol. The molecule has 1 atom stereocenters. The van der Waals surface area contributed by atoms with E-state index in [4.69, 9.17) is 0 Å². The Balaban J connectivity index is 1.45. The number of likely N-dealkylation sites (tertiary alicyclic amines) is 1. The van der Waals surface area contributed by atoms with Crippen molar-refractivity contribution in [1.29, 1.82) is 0 Å². The highest BCUT2D eigenvalue weighted by Gasteiger charge is 2.54. The van der Waals surface area contributed by atoms with Crippen LogP contribution in [0.4, 0.5) is 5.69 Å². The number of para-hydroxylation sites is 1. The van der Waals surface area contributed by atoms with Crippen molar-refractivity contribution in [3.05, 3.63) is 66.2 Å². The number of hydrogen-bond acceptors (Lipinski definition) is 4. The van der Waals surface area contributed by atoms with Crippen molar-refractivity contribution >= 4 is 23.4 Å². The summed E-state index contributed by atoms with van der Waals surface area (Å²) in [7, 11) is 0. The summed E-state index contributed by atoms with van der Waals surface area (Å²) in [6.45, 7) is 5.48. The van der Waals surface area contributed by atoms with Gasteiger partial charge in [0, 0.05) is 31.2 Å². The minimum absolute atomic E-state index is 0.0166. The van der Waals surface area contributed by atoms with Crippen LogP contribution >= 0.6 is 0 Å². The molecule has 0 aliphatic carbocycles.